The van der Waals surface area contributed by atoms with Gasteiger partial charge in [0.15, 0.2) is 0 Å². The first-order valence-electron chi connectivity index (χ1n) is 10.1. The molecule has 2 aromatic carbocycles. The molecule has 0 spiro atoms. The standard InChI is InChI=1S/C24H27NO3S2/c1-5-17(3)18-7-9-20(10-8-18)27-12-13-28-21-11-6-16(2)14-19(21)15-22-23(26)25(4)24(29)30-22/h6-11,14-15,17H,5,12-13H2,1-4H3/b22-15-. The van der Waals surface area contributed by atoms with E-state index < -0.39 is 0 Å². The summed E-state index contributed by atoms with van der Waals surface area (Å²) in [4.78, 5) is 14.4. The lowest BCUT2D eigenvalue weighted by atomic mass is 9.99. The second-order valence-electron chi connectivity index (χ2n) is 7.36. The zero-order valence-corrected chi connectivity index (χ0v) is 19.4. The minimum atomic E-state index is -0.0818. The summed E-state index contributed by atoms with van der Waals surface area (Å²) in [6.45, 7) is 7.27. The van der Waals surface area contributed by atoms with Crippen LogP contribution < -0.4 is 9.47 Å². The summed E-state index contributed by atoms with van der Waals surface area (Å²) < 4.78 is 12.3. The molecule has 3 rings (SSSR count). The molecule has 1 saturated heterocycles. The Balaban J connectivity index is 1.61. The first-order valence-corrected chi connectivity index (χ1v) is 11.3. The van der Waals surface area contributed by atoms with Gasteiger partial charge >= 0.3 is 0 Å². The highest BCUT2D eigenvalue weighted by molar-refractivity contribution is 8.26. The lowest BCUT2D eigenvalue weighted by Gasteiger charge is -2.13. The summed E-state index contributed by atoms with van der Waals surface area (Å²) in [5.74, 6) is 2.02. The van der Waals surface area contributed by atoms with Crippen molar-refractivity contribution in [3.05, 3.63) is 64.1 Å². The molecule has 0 radical (unpaired) electrons. The second-order valence-corrected chi connectivity index (χ2v) is 9.03. The molecule has 0 bridgehead atoms. The Bertz CT molecular complexity index is 953. The Kier molecular flexibility index (Phi) is 7.56. The summed E-state index contributed by atoms with van der Waals surface area (Å²) >= 11 is 6.52. The van der Waals surface area contributed by atoms with E-state index in [2.05, 4.69) is 26.0 Å². The van der Waals surface area contributed by atoms with Crippen molar-refractivity contribution in [3.8, 4) is 11.5 Å². The highest BCUT2D eigenvalue weighted by Crippen LogP contribution is 2.33. The van der Waals surface area contributed by atoms with Gasteiger partial charge in [-0.25, -0.2) is 0 Å². The Morgan fingerprint density at radius 2 is 1.83 bits per heavy atom. The van der Waals surface area contributed by atoms with Crippen molar-refractivity contribution in [2.75, 3.05) is 20.3 Å². The number of hydrogen-bond donors (Lipinski definition) is 0. The molecule has 2 aromatic rings. The molecule has 1 atom stereocenters. The number of benzene rings is 2. The third kappa shape index (κ3) is 5.43. The molecular weight excluding hydrogens is 414 g/mol. The van der Waals surface area contributed by atoms with Crippen molar-refractivity contribution in [3.63, 3.8) is 0 Å². The first kappa shape index (κ1) is 22.4. The van der Waals surface area contributed by atoms with Crippen molar-refractivity contribution < 1.29 is 14.3 Å². The maximum atomic E-state index is 12.3. The van der Waals surface area contributed by atoms with E-state index in [4.69, 9.17) is 21.7 Å². The average Bonchev–Trinajstić information content (AvgIpc) is 2.99. The van der Waals surface area contributed by atoms with Gasteiger partial charge in [-0.05, 0) is 55.2 Å². The first-order chi connectivity index (χ1) is 14.4. The van der Waals surface area contributed by atoms with Crippen LogP contribution in [0.4, 0.5) is 0 Å². The molecule has 1 fully saturated rings. The van der Waals surface area contributed by atoms with E-state index in [0.29, 0.717) is 28.4 Å². The van der Waals surface area contributed by atoms with E-state index in [1.54, 1.807) is 7.05 Å². The maximum absolute atomic E-state index is 12.3. The summed E-state index contributed by atoms with van der Waals surface area (Å²) in [6.07, 6.45) is 2.97. The molecule has 0 aromatic heterocycles. The maximum Gasteiger partial charge on any atom is 0.265 e. The van der Waals surface area contributed by atoms with Crippen molar-refractivity contribution in [1.29, 1.82) is 0 Å². The lowest BCUT2D eigenvalue weighted by molar-refractivity contribution is -0.121. The highest BCUT2D eigenvalue weighted by Gasteiger charge is 2.28. The van der Waals surface area contributed by atoms with Gasteiger partial charge < -0.3 is 9.47 Å². The summed E-state index contributed by atoms with van der Waals surface area (Å²) in [5, 5.41) is 0. The molecule has 30 heavy (non-hydrogen) atoms. The number of hydrogen-bond acceptors (Lipinski definition) is 5. The van der Waals surface area contributed by atoms with E-state index in [9.17, 15) is 4.79 Å². The van der Waals surface area contributed by atoms with Crippen molar-refractivity contribution in [2.24, 2.45) is 0 Å². The van der Waals surface area contributed by atoms with Gasteiger partial charge in [0.2, 0.25) is 0 Å². The number of nitrogens with zero attached hydrogens (tertiary/aromatic N) is 1. The fourth-order valence-corrected chi connectivity index (χ4v) is 4.21. The third-order valence-electron chi connectivity index (χ3n) is 5.11. The number of thiocarbonyl (C=S) groups is 1. The zero-order valence-electron chi connectivity index (χ0n) is 17.8. The predicted octanol–water partition coefficient (Wildman–Crippen LogP) is 5.80. The van der Waals surface area contributed by atoms with Crippen LogP contribution in [0.15, 0.2) is 47.4 Å². The molecule has 1 aliphatic heterocycles. The average molecular weight is 442 g/mol. The van der Waals surface area contributed by atoms with Gasteiger partial charge in [-0.2, -0.15) is 0 Å². The van der Waals surface area contributed by atoms with Crippen LogP contribution in [0.25, 0.3) is 6.08 Å². The van der Waals surface area contributed by atoms with E-state index >= 15 is 0 Å². The van der Waals surface area contributed by atoms with Crippen LogP contribution in [0.3, 0.4) is 0 Å². The minimum absolute atomic E-state index is 0.0818. The van der Waals surface area contributed by atoms with Crippen molar-refractivity contribution >= 4 is 40.3 Å². The predicted molar refractivity (Wildman–Crippen MR) is 128 cm³/mol. The quantitative estimate of drug-likeness (QED) is 0.294. The van der Waals surface area contributed by atoms with Crippen LogP contribution >= 0.6 is 24.0 Å². The van der Waals surface area contributed by atoms with E-state index in [0.717, 1.165) is 29.0 Å². The molecule has 0 saturated carbocycles. The van der Waals surface area contributed by atoms with Gasteiger partial charge in [-0.1, -0.05) is 61.6 Å². The summed E-state index contributed by atoms with van der Waals surface area (Å²) in [5.41, 5.74) is 3.28. The number of ether oxygens (including phenoxy) is 2. The smallest absolute Gasteiger partial charge is 0.265 e. The SMILES string of the molecule is CCC(C)c1ccc(OCCOc2ccc(C)cc2/C=C2\SC(=S)N(C)C2=O)cc1. The number of amides is 1. The summed E-state index contributed by atoms with van der Waals surface area (Å²) in [6, 6.07) is 14.2. The molecule has 4 nitrogen and oxygen atoms in total. The number of thioether (sulfide) groups is 1. The van der Waals surface area contributed by atoms with Crippen molar-refractivity contribution in [1.82, 2.24) is 4.90 Å². The molecule has 1 amide bonds. The Hall–Kier alpha value is -2.31. The van der Waals surface area contributed by atoms with Crippen LogP contribution in [0.1, 0.15) is 42.9 Å². The monoisotopic (exact) mass is 441 g/mol. The normalized spacial score (nSPS) is 16.3. The number of rotatable bonds is 8. The van der Waals surface area contributed by atoms with E-state index in [1.807, 2.05) is 43.3 Å². The molecule has 0 N–H and O–H groups in total. The topological polar surface area (TPSA) is 38.8 Å². The summed E-state index contributed by atoms with van der Waals surface area (Å²) in [7, 11) is 1.69. The number of likely N-dealkylation sites (N-methyl/N-ethyl adjacent to an activating group) is 1. The number of carbonyl (C=O) groups is 1. The molecule has 1 heterocycles. The molecule has 158 valence electrons. The van der Waals surface area contributed by atoms with Crippen LogP contribution in [-0.2, 0) is 4.79 Å². The Morgan fingerprint density at radius 3 is 2.47 bits per heavy atom. The van der Waals surface area contributed by atoms with Gasteiger partial charge in [-0.3, -0.25) is 9.69 Å². The lowest BCUT2D eigenvalue weighted by Crippen LogP contribution is -2.22. The van der Waals surface area contributed by atoms with Crippen molar-refractivity contribution in [2.45, 2.75) is 33.1 Å². The van der Waals surface area contributed by atoms with Gasteiger partial charge in [0.05, 0.1) is 4.91 Å². The third-order valence-corrected chi connectivity index (χ3v) is 6.59. The number of carbonyl (C=O) groups excluding carboxylic acids is 1. The molecule has 1 aliphatic rings. The Labute approximate surface area is 188 Å². The molecule has 1 unspecified atom stereocenters. The minimum Gasteiger partial charge on any atom is -0.490 e. The van der Waals surface area contributed by atoms with Gasteiger partial charge in [-0.15, -0.1) is 0 Å². The highest BCUT2D eigenvalue weighted by atomic mass is 32.2. The van der Waals surface area contributed by atoms with Crippen LogP contribution in [0.2, 0.25) is 0 Å². The largest absolute Gasteiger partial charge is 0.490 e. The molecule has 6 heteroatoms. The Morgan fingerprint density at radius 1 is 1.13 bits per heavy atom. The van der Waals surface area contributed by atoms with Crippen LogP contribution in [0.5, 0.6) is 11.5 Å². The van der Waals surface area contributed by atoms with E-state index in [-0.39, 0.29) is 5.91 Å². The second kappa shape index (κ2) is 10.1. The van der Waals surface area contributed by atoms with Crippen LogP contribution in [0, 0.1) is 6.92 Å². The van der Waals surface area contributed by atoms with Gasteiger partial charge in [0, 0.05) is 12.6 Å². The van der Waals surface area contributed by atoms with Gasteiger partial charge in [0.1, 0.15) is 29.0 Å². The fourth-order valence-electron chi connectivity index (χ4n) is 3.04. The zero-order chi connectivity index (χ0) is 21.7. The van der Waals surface area contributed by atoms with Crippen LogP contribution in [-0.4, -0.2) is 35.4 Å². The van der Waals surface area contributed by atoms with E-state index in [1.165, 1.54) is 22.2 Å². The number of aryl methyl sites for hydroxylation is 1. The molecular formula is C24H27NO3S2. The molecule has 0 aliphatic carbocycles. The van der Waals surface area contributed by atoms with Gasteiger partial charge in [0.25, 0.3) is 5.91 Å². The fraction of sp³-hybridized carbons (Fsp3) is 0.333.